The van der Waals surface area contributed by atoms with Gasteiger partial charge < -0.3 is 9.32 Å². The maximum absolute atomic E-state index is 6.49. The van der Waals surface area contributed by atoms with Crippen molar-refractivity contribution in [1.82, 2.24) is 4.98 Å². The van der Waals surface area contributed by atoms with Crippen LogP contribution < -0.4 is 4.90 Å². The summed E-state index contributed by atoms with van der Waals surface area (Å²) in [4.78, 5) is 7.24. The molecule has 232 valence electrons. The molecule has 3 heteroatoms. The van der Waals surface area contributed by atoms with Gasteiger partial charge >= 0.3 is 0 Å². The van der Waals surface area contributed by atoms with Gasteiger partial charge in [0.2, 0.25) is 5.89 Å². The fraction of sp³-hybridized carbons (Fsp3) is 0.0652. The van der Waals surface area contributed by atoms with Crippen molar-refractivity contribution in [3.8, 4) is 22.6 Å². The zero-order chi connectivity index (χ0) is 32.7. The molecule has 0 aliphatic heterocycles. The van der Waals surface area contributed by atoms with Crippen molar-refractivity contribution >= 4 is 60.5 Å². The quantitative estimate of drug-likeness (QED) is 0.182. The molecule has 1 heterocycles. The van der Waals surface area contributed by atoms with Gasteiger partial charge in [0.05, 0.1) is 0 Å². The largest absolute Gasteiger partial charge is 0.435 e. The Morgan fingerprint density at radius 1 is 0.510 bits per heavy atom. The highest BCUT2D eigenvalue weighted by molar-refractivity contribution is 6.18. The van der Waals surface area contributed by atoms with Gasteiger partial charge in [0.1, 0.15) is 5.52 Å². The average molecular weight is 629 g/mol. The molecule has 0 unspecified atom stereocenters. The van der Waals surface area contributed by atoms with Crippen LogP contribution in [-0.2, 0) is 5.41 Å². The Balaban J connectivity index is 1.15. The lowest BCUT2D eigenvalue weighted by atomic mass is 9.82. The van der Waals surface area contributed by atoms with Crippen LogP contribution in [0.2, 0.25) is 0 Å². The van der Waals surface area contributed by atoms with Crippen molar-refractivity contribution in [1.29, 1.82) is 0 Å². The van der Waals surface area contributed by atoms with Gasteiger partial charge in [0.25, 0.3) is 0 Å². The summed E-state index contributed by atoms with van der Waals surface area (Å²) in [6, 6.07) is 56.6. The van der Waals surface area contributed by atoms with E-state index in [0.717, 1.165) is 55.3 Å². The Labute approximate surface area is 284 Å². The average Bonchev–Trinajstić information content (AvgIpc) is 3.68. The number of oxazole rings is 1. The zero-order valence-electron chi connectivity index (χ0n) is 27.3. The Morgan fingerprint density at radius 3 is 1.98 bits per heavy atom. The molecule has 0 N–H and O–H groups in total. The second-order valence-electron chi connectivity index (χ2n) is 13.6. The molecule has 0 amide bonds. The van der Waals surface area contributed by atoms with E-state index in [1.165, 1.54) is 33.0 Å². The third-order valence-electron chi connectivity index (χ3n) is 10.4. The number of nitrogens with zero attached hydrogens (tertiary/aromatic N) is 2. The second kappa shape index (κ2) is 10.4. The third kappa shape index (κ3) is 4.25. The number of aromatic nitrogens is 1. The number of anilines is 3. The molecule has 0 spiro atoms. The number of para-hydroxylation sites is 1. The zero-order valence-corrected chi connectivity index (χ0v) is 27.3. The summed E-state index contributed by atoms with van der Waals surface area (Å²) < 4.78 is 6.49. The first-order valence-corrected chi connectivity index (χ1v) is 16.9. The van der Waals surface area contributed by atoms with Crippen LogP contribution in [0.3, 0.4) is 0 Å². The predicted molar refractivity (Wildman–Crippen MR) is 204 cm³/mol. The van der Waals surface area contributed by atoms with Crippen LogP contribution in [0.5, 0.6) is 0 Å². The lowest BCUT2D eigenvalue weighted by molar-refractivity contribution is 0.623. The SMILES string of the molecule is CC1(C)c2ccc(N(c3ccccc3)c3ccc4c(ccc5ccc6nc(-c7ccccc7)oc6c54)c3)cc2-c2cc3ccccc3cc21. The van der Waals surface area contributed by atoms with Gasteiger partial charge in [0.15, 0.2) is 5.58 Å². The summed E-state index contributed by atoms with van der Waals surface area (Å²) in [6.07, 6.45) is 0. The van der Waals surface area contributed by atoms with E-state index >= 15 is 0 Å². The third-order valence-corrected chi connectivity index (χ3v) is 10.4. The number of hydrogen-bond acceptors (Lipinski definition) is 3. The molecule has 0 radical (unpaired) electrons. The van der Waals surface area contributed by atoms with Crippen LogP contribution in [0.15, 0.2) is 162 Å². The fourth-order valence-corrected chi connectivity index (χ4v) is 7.95. The lowest BCUT2D eigenvalue weighted by Gasteiger charge is -2.27. The molecule has 8 aromatic carbocycles. The van der Waals surface area contributed by atoms with Crippen LogP contribution in [0.4, 0.5) is 17.1 Å². The van der Waals surface area contributed by atoms with E-state index in [9.17, 15) is 0 Å². The summed E-state index contributed by atoms with van der Waals surface area (Å²) in [5.41, 5.74) is 11.3. The minimum atomic E-state index is -0.0821. The molecule has 9 aromatic rings. The molecule has 0 saturated carbocycles. The van der Waals surface area contributed by atoms with Gasteiger partial charge in [-0.05, 0) is 116 Å². The number of hydrogen-bond donors (Lipinski definition) is 0. The molecule has 10 rings (SSSR count). The molecule has 0 atom stereocenters. The Hall–Kier alpha value is -6.19. The van der Waals surface area contributed by atoms with Gasteiger partial charge in [-0.2, -0.15) is 0 Å². The van der Waals surface area contributed by atoms with E-state index in [2.05, 4.69) is 146 Å². The summed E-state index contributed by atoms with van der Waals surface area (Å²) >= 11 is 0. The molecule has 0 bridgehead atoms. The fourth-order valence-electron chi connectivity index (χ4n) is 7.95. The van der Waals surface area contributed by atoms with Crippen molar-refractivity contribution in [2.24, 2.45) is 0 Å². The van der Waals surface area contributed by atoms with E-state index in [1.807, 2.05) is 30.3 Å². The van der Waals surface area contributed by atoms with Gasteiger partial charge in [-0.1, -0.05) is 105 Å². The van der Waals surface area contributed by atoms with Crippen molar-refractivity contribution in [2.75, 3.05) is 4.90 Å². The summed E-state index contributed by atoms with van der Waals surface area (Å²) in [7, 11) is 0. The Bertz CT molecular complexity index is 2740. The van der Waals surface area contributed by atoms with Crippen molar-refractivity contribution in [2.45, 2.75) is 19.3 Å². The second-order valence-corrected chi connectivity index (χ2v) is 13.6. The molecular weight excluding hydrogens is 597 g/mol. The molecule has 3 nitrogen and oxygen atoms in total. The molecule has 0 fully saturated rings. The lowest BCUT2D eigenvalue weighted by Crippen LogP contribution is -2.15. The highest BCUT2D eigenvalue weighted by atomic mass is 16.3. The van der Waals surface area contributed by atoms with Gasteiger partial charge in [-0.25, -0.2) is 4.98 Å². The van der Waals surface area contributed by atoms with Crippen LogP contribution in [0.1, 0.15) is 25.0 Å². The predicted octanol–water partition coefficient (Wildman–Crippen LogP) is 12.7. The van der Waals surface area contributed by atoms with E-state index in [4.69, 9.17) is 9.40 Å². The maximum atomic E-state index is 6.49. The first kappa shape index (κ1) is 27.9. The molecule has 1 aromatic heterocycles. The maximum Gasteiger partial charge on any atom is 0.227 e. The van der Waals surface area contributed by atoms with Crippen LogP contribution in [0, 0.1) is 0 Å². The normalized spacial score (nSPS) is 13.3. The van der Waals surface area contributed by atoms with Crippen LogP contribution >= 0.6 is 0 Å². The molecule has 0 saturated heterocycles. The van der Waals surface area contributed by atoms with Crippen LogP contribution in [-0.4, -0.2) is 4.98 Å². The molecule has 1 aliphatic carbocycles. The van der Waals surface area contributed by atoms with Crippen LogP contribution in [0.25, 0.3) is 66.0 Å². The monoisotopic (exact) mass is 628 g/mol. The highest BCUT2D eigenvalue weighted by Crippen LogP contribution is 2.52. The topological polar surface area (TPSA) is 29.3 Å². The van der Waals surface area contributed by atoms with E-state index in [1.54, 1.807) is 0 Å². The summed E-state index contributed by atoms with van der Waals surface area (Å²) in [5.74, 6) is 0.640. The van der Waals surface area contributed by atoms with Crippen molar-refractivity contribution in [3.05, 3.63) is 169 Å². The van der Waals surface area contributed by atoms with Gasteiger partial charge in [-0.15, -0.1) is 0 Å². The van der Waals surface area contributed by atoms with Gasteiger partial charge in [-0.3, -0.25) is 0 Å². The Morgan fingerprint density at radius 2 is 1.16 bits per heavy atom. The number of rotatable bonds is 4. The molecular formula is C46H32N2O. The van der Waals surface area contributed by atoms with E-state index in [0.29, 0.717) is 5.89 Å². The smallest absolute Gasteiger partial charge is 0.227 e. The Kier molecular flexibility index (Phi) is 5.92. The minimum absolute atomic E-state index is 0.0821. The highest BCUT2D eigenvalue weighted by Gasteiger charge is 2.36. The number of benzene rings is 8. The summed E-state index contributed by atoms with van der Waals surface area (Å²) in [5, 5.41) is 7.08. The van der Waals surface area contributed by atoms with E-state index in [-0.39, 0.29) is 5.41 Å². The summed E-state index contributed by atoms with van der Waals surface area (Å²) in [6.45, 7) is 4.70. The van der Waals surface area contributed by atoms with Crippen molar-refractivity contribution in [3.63, 3.8) is 0 Å². The standard InChI is InChI=1S/C46H32N2O/c1-46(2)40-23-21-36(28-39(40)38-26-31-13-9-10-14-32(31)27-41(38)46)48(34-15-7-4-8-16-34)35-20-22-37-33(25-35)18-17-29-19-24-42-44(43(29)37)49-45(47-42)30-11-5-3-6-12-30/h3-28H,1-2H3. The number of fused-ring (bicyclic) bond motifs is 9. The molecule has 49 heavy (non-hydrogen) atoms. The minimum Gasteiger partial charge on any atom is -0.435 e. The van der Waals surface area contributed by atoms with Crippen molar-refractivity contribution < 1.29 is 4.42 Å². The molecule has 1 aliphatic rings. The first-order chi connectivity index (χ1) is 24.0. The first-order valence-electron chi connectivity index (χ1n) is 16.9. The van der Waals surface area contributed by atoms with E-state index < -0.39 is 0 Å². The van der Waals surface area contributed by atoms with Gasteiger partial charge in [0, 0.05) is 33.4 Å².